The van der Waals surface area contributed by atoms with Gasteiger partial charge >= 0.3 is 12.1 Å². The highest BCUT2D eigenvalue weighted by Crippen LogP contribution is 2.41. The lowest BCUT2D eigenvalue weighted by atomic mass is 10.1. The molecule has 0 spiro atoms. The van der Waals surface area contributed by atoms with Gasteiger partial charge in [-0.1, -0.05) is 54.6 Å². The maximum Gasteiger partial charge on any atom is 0.408 e. The second-order valence-corrected chi connectivity index (χ2v) is 8.24. The molecule has 1 amide bonds. The van der Waals surface area contributed by atoms with Gasteiger partial charge in [-0.3, -0.25) is 0 Å². The number of methoxy groups -OCH3 is 2. The van der Waals surface area contributed by atoms with Crippen LogP contribution in [0.3, 0.4) is 0 Å². The number of hydrogen-bond acceptors (Lipinski definition) is 7. The van der Waals surface area contributed by atoms with Gasteiger partial charge in [0.05, 0.1) is 19.5 Å². The minimum Gasteiger partial charge on any atom is -0.497 e. The number of nitrogen functional groups attached to an aromatic ring is 1. The number of thioether (sulfide) groups is 1. The number of esters is 1. The number of amides is 1. The Balaban J connectivity index is 1.87. The van der Waals surface area contributed by atoms with Crippen molar-refractivity contribution in [2.75, 3.05) is 20.0 Å². The number of carbonyl (C=O) groups excluding carboxylic acids is 2. The van der Waals surface area contributed by atoms with E-state index in [9.17, 15) is 9.59 Å². The van der Waals surface area contributed by atoms with Crippen molar-refractivity contribution in [1.29, 1.82) is 0 Å². The summed E-state index contributed by atoms with van der Waals surface area (Å²) in [5.41, 5.74) is 8.33. The molecule has 3 aromatic rings. The molecule has 0 saturated carbocycles. The Labute approximate surface area is 197 Å². The van der Waals surface area contributed by atoms with Crippen LogP contribution in [0, 0.1) is 0 Å². The topological polar surface area (TPSA) is 99.9 Å². The van der Waals surface area contributed by atoms with Gasteiger partial charge in [-0.25, -0.2) is 9.59 Å². The molecule has 8 heteroatoms. The van der Waals surface area contributed by atoms with Gasteiger partial charge in [-0.05, 0) is 35.4 Å². The summed E-state index contributed by atoms with van der Waals surface area (Å²) in [7, 11) is 2.85. The van der Waals surface area contributed by atoms with Crippen LogP contribution in [0.4, 0.5) is 10.5 Å². The van der Waals surface area contributed by atoms with Gasteiger partial charge in [0.25, 0.3) is 0 Å². The molecule has 0 aliphatic carbocycles. The molecular weight excluding hydrogens is 440 g/mol. The number of ether oxygens (including phenoxy) is 3. The predicted octanol–water partition coefficient (Wildman–Crippen LogP) is 4.58. The lowest BCUT2D eigenvalue weighted by Gasteiger charge is -2.26. The van der Waals surface area contributed by atoms with Crippen LogP contribution in [0.25, 0.3) is 0 Å². The Hall–Kier alpha value is -3.65. The molecule has 3 rings (SSSR count). The molecule has 0 aliphatic heterocycles. The van der Waals surface area contributed by atoms with Crippen molar-refractivity contribution in [3.8, 4) is 5.75 Å². The molecular formula is C25H26N2O5S. The quantitative estimate of drug-likeness (QED) is 0.270. The minimum absolute atomic E-state index is 0.0759. The molecule has 3 N–H and O–H groups in total. The normalized spacial score (nSPS) is 12.3. The zero-order valence-corrected chi connectivity index (χ0v) is 19.2. The molecule has 0 fully saturated rings. The number of anilines is 1. The van der Waals surface area contributed by atoms with Crippen molar-refractivity contribution in [3.05, 3.63) is 90.0 Å². The number of nitrogens with two attached hydrogens (primary N) is 1. The first-order chi connectivity index (χ1) is 16.0. The summed E-state index contributed by atoms with van der Waals surface area (Å²) in [5.74, 6) is 0.0704. The molecule has 0 saturated heterocycles. The summed E-state index contributed by atoms with van der Waals surface area (Å²) in [6, 6.07) is 22.8. The van der Waals surface area contributed by atoms with Crippen LogP contribution in [0.1, 0.15) is 16.4 Å². The Morgan fingerprint density at radius 2 is 1.61 bits per heavy atom. The van der Waals surface area contributed by atoms with Crippen molar-refractivity contribution in [2.24, 2.45) is 0 Å². The van der Waals surface area contributed by atoms with E-state index in [1.165, 1.54) is 18.9 Å². The Morgan fingerprint density at radius 1 is 0.939 bits per heavy atom. The van der Waals surface area contributed by atoms with Crippen LogP contribution in [0.15, 0.2) is 83.8 Å². The van der Waals surface area contributed by atoms with Gasteiger partial charge in [-0.2, -0.15) is 0 Å². The smallest absolute Gasteiger partial charge is 0.408 e. The number of benzene rings is 3. The van der Waals surface area contributed by atoms with E-state index in [0.717, 1.165) is 16.0 Å². The fourth-order valence-corrected chi connectivity index (χ4v) is 4.37. The van der Waals surface area contributed by atoms with E-state index in [2.05, 4.69) is 5.32 Å². The summed E-state index contributed by atoms with van der Waals surface area (Å²) in [4.78, 5) is 26.2. The Morgan fingerprint density at radius 3 is 2.24 bits per heavy atom. The van der Waals surface area contributed by atoms with Gasteiger partial charge in [-0.15, -0.1) is 11.8 Å². The average Bonchev–Trinajstić information content (AvgIpc) is 2.86. The van der Waals surface area contributed by atoms with Crippen LogP contribution in [0.5, 0.6) is 5.75 Å². The first-order valence-corrected chi connectivity index (χ1v) is 11.1. The standard InChI is InChI=1S/C25H26N2O5S/c1-30-19-14-12-18(13-15-19)23(33-21-11-7-6-10-20(21)26)22(24(28)31-2)27-25(29)32-16-17-8-4-3-5-9-17/h3-15,22-23H,16,26H2,1-2H3,(H,27,29). The molecule has 172 valence electrons. The molecule has 0 bridgehead atoms. The largest absolute Gasteiger partial charge is 0.497 e. The molecule has 0 aliphatic rings. The highest BCUT2D eigenvalue weighted by Gasteiger charge is 2.34. The second kappa shape index (κ2) is 11.8. The highest BCUT2D eigenvalue weighted by atomic mass is 32.2. The van der Waals surface area contributed by atoms with E-state index in [-0.39, 0.29) is 6.61 Å². The van der Waals surface area contributed by atoms with E-state index in [1.807, 2.05) is 60.7 Å². The van der Waals surface area contributed by atoms with Crippen LogP contribution in [0.2, 0.25) is 0 Å². The fourth-order valence-electron chi connectivity index (χ4n) is 3.12. The maximum atomic E-state index is 12.8. The van der Waals surface area contributed by atoms with Gasteiger partial charge in [0.15, 0.2) is 0 Å². The minimum atomic E-state index is -1.03. The lowest BCUT2D eigenvalue weighted by Crippen LogP contribution is -2.45. The molecule has 3 aromatic carbocycles. The molecule has 7 nitrogen and oxygen atoms in total. The van der Waals surface area contributed by atoms with E-state index in [4.69, 9.17) is 19.9 Å². The van der Waals surface area contributed by atoms with Gasteiger partial charge in [0, 0.05) is 10.6 Å². The first-order valence-electron chi connectivity index (χ1n) is 10.2. The van der Waals surface area contributed by atoms with Crippen LogP contribution < -0.4 is 15.8 Å². The Kier molecular flexibility index (Phi) is 8.60. The van der Waals surface area contributed by atoms with Crippen molar-refractivity contribution in [1.82, 2.24) is 5.32 Å². The predicted molar refractivity (Wildman–Crippen MR) is 128 cm³/mol. The van der Waals surface area contributed by atoms with Gasteiger partial charge < -0.3 is 25.3 Å². The molecule has 0 radical (unpaired) electrons. The fraction of sp³-hybridized carbons (Fsp3) is 0.200. The van der Waals surface area contributed by atoms with Crippen LogP contribution in [-0.4, -0.2) is 32.3 Å². The Bertz CT molecular complexity index is 1060. The van der Waals surface area contributed by atoms with Crippen LogP contribution in [-0.2, 0) is 20.9 Å². The number of hydrogen-bond donors (Lipinski definition) is 2. The number of para-hydroxylation sites is 1. The number of alkyl carbamates (subject to hydrolysis) is 1. The summed E-state index contributed by atoms with van der Waals surface area (Å²) in [6.07, 6.45) is -0.727. The maximum absolute atomic E-state index is 12.8. The summed E-state index contributed by atoms with van der Waals surface area (Å²) < 4.78 is 15.6. The summed E-state index contributed by atoms with van der Waals surface area (Å²) in [5, 5.41) is 2.13. The van der Waals surface area contributed by atoms with Gasteiger partial charge in [0.1, 0.15) is 18.4 Å². The van der Waals surface area contributed by atoms with E-state index >= 15 is 0 Å². The highest BCUT2D eigenvalue weighted by molar-refractivity contribution is 7.99. The number of nitrogens with one attached hydrogen (secondary N) is 1. The lowest BCUT2D eigenvalue weighted by molar-refractivity contribution is -0.143. The van der Waals surface area contributed by atoms with Crippen molar-refractivity contribution >= 4 is 29.5 Å². The average molecular weight is 467 g/mol. The third-order valence-corrected chi connectivity index (χ3v) is 6.29. The van der Waals surface area contributed by atoms with Gasteiger partial charge in [0.2, 0.25) is 0 Å². The summed E-state index contributed by atoms with van der Waals surface area (Å²) in [6.45, 7) is 0.0759. The van der Waals surface area contributed by atoms with E-state index in [1.54, 1.807) is 25.3 Å². The van der Waals surface area contributed by atoms with E-state index in [0.29, 0.717) is 11.4 Å². The van der Waals surface area contributed by atoms with Crippen molar-refractivity contribution in [2.45, 2.75) is 22.8 Å². The van der Waals surface area contributed by atoms with Crippen LogP contribution >= 0.6 is 11.8 Å². The third-order valence-electron chi connectivity index (χ3n) is 4.86. The summed E-state index contributed by atoms with van der Waals surface area (Å²) >= 11 is 1.35. The van der Waals surface area contributed by atoms with Crippen molar-refractivity contribution in [3.63, 3.8) is 0 Å². The zero-order valence-electron chi connectivity index (χ0n) is 18.4. The van der Waals surface area contributed by atoms with Crippen molar-refractivity contribution < 1.29 is 23.8 Å². The molecule has 0 aromatic heterocycles. The monoisotopic (exact) mass is 466 g/mol. The number of carbonyl (C=O) groups is 2. The number of rotatable bonds is 9. The zero-order chi connectivity index (χ0) is 23.6. The molecule has 0 heterocycles. The van der Waals surface area contributed by atoms with E-state index < -0.39 is 23.4 Å². The molecule has 2 atom stereocenters. The molecule has 2 unspecified atom stereocenters. The third kappa shape index (κ3) is 6.66. The molecule has 33 heavy (non-hydrogen) atoms. The first kappa shape index (κ1) is 24.0. The SMILES string of the molecule is COC(=O)C(NC(=O)OCc1ccccc1)C(Sc1ccccc1N)c1ccc(OC)cc1. The second-order valence-electron chi connectivity index (χ2n) is 7.06.